The third-order valence-corrected chi connectivity index (χ3v) is 11.1. The molecule has 0 radical (unpaired) electrons. The molecule has 1 aromatic heterocycles. The van der Waals surface area contributed by atoms with Gasteiger partial charge in [0.05, 0.1) is 0 Å². The zero-order valence-electron chi connectivity index (χ0n) is 30.4. The van der Waals surface area contributed by atoms with Gasteiger partial charge in [-0.3, -0.25) is 0 Å². The molecule has 1 heterocycles. The van der Waals surface area contributed by atoms with Crippen molar-refractivity contribution in [3.05, 3.63) is 200 Å². The van der Waals surface area contributed by atoms with Crippen LogP contribution in [-0.4, -0.2) is 15.0 Å². The third-order valence-electron chi connectivity index (χ3n) is 11.1. The molecule has 9 aromatic carbocycles. The van der Waals surface area contributed by atoms with Crippen LogP contribution in [0.25, 0.3) is 111 Å². The molecule has 3 nitrogen and oxygen atoms in total. The van der Waals surface area contributed by atoms with Crippen LogP contribution in [0.1, 0.15) is 0 Å². The first kappa shape index (κ1) is 32.0. The summed E-state index contributed by atoms with van der Waals surface area (Å²) in [5.41, 5.74) is 15.3. The van der Waals surface area contributed by atoms with Gasteiger partial charge < -0.3 is 0 Å². The molecule has 0 bridgehead atoms. The molecule has 0 fully saturated rings. The van der Waals surface area contributed by atoms with E-state index in [0.717, 1.165) is 22.3 Å². The van der Waals surface area contributed by atoms with E-state index in [4.69, 9.17) is 15.0 Å². The summed E-state index contributed by atoms with van der Waals surface area (Å²) in [7, 11) is 0. The third kappa shape index (κ3) is 5.32. The molecular weight excluding hydrogens is 679 g/mol. The molecule has 56 heavy (non-hydrogen) atoms. The van der Waals surface area contributed by atoms with Crippen molar-refractivity contribution in [1.29, 1.82) is 0 Å². The lowest BCUT2D eigenvalue weighted by molar-refractivity contribution is 1.07. The summed E-state index contributed by atoms with van der Waals surface area (Å²) in [6, 6.07) is 71.2. The first-order valence-electron chi connectivity index (χ1n) is 19.0. The zero-order chi connectivity index (χ0) is 37.0. The molecule has 0 unspecified atom stereocenters. The van der Waals surface area contributed by atoms with Gasteiger partial charge in [-0.1, -0.05) is 194 Å². The molecular formula is C53H33N3. The number of hydrogen-bond acceptors (Lipinski definition) is 3. The number of hydrogen-bond donors (Lipinski definition) is 0. The molecule has 11 rings (SSSR count). The van der Waals surface area contributed by atoms with Crippen LogP contribution in [0.3, 0.4) is 0 Å². The van der Waals surface area contributed by atoms with Gasteiger partial charge in [-0.15, -0.1) is 0 Å². The second-order valence-electron chi connectivity index (χ2n) is 14.3. The van der Waals surface area contributed by atoms with E-state index in [1.54, 1.807) is 0 Å². The minimum absolute atomic E-state index is 0.645. The Morgan fingerprint density at radius 1 is 0.232 bits per heavy atom. The van der Waals surface area contributed by atoms with Gasteiger partial charge in [-0.05, 0) is 83.2 Å². The maximum absolute atomic E-state index is 4.96. The number of aromatic nitrogens is 3. The Kier molecular flexibility index (Phi) is 7.49. The summed E-state index contributed by atoms with van der Waals surface area (Å²) < 4.78 is 0. The Bertz CT molecular complexity index is 3020. The second kappa shape index (κ2) is 13.1. The van der Waals surface area contributed by atoms with Gasteiger partial charge in [0.25, 0.3) is 0 Å². The van der Waals surface area contributed by atoms with Gasteiger partial charge in [0.1, 0.15) is 0 Å². The summed E-state index contributed by atoms with van der Waals surface area (Å²) in [4.78, 5) is 14.8. The molecule has 3 heteroatoms. The van der Waals surface area contributed by atoms with Gasteiger partial charge in [0.2, 0.25) is 0 Å². The second-order valence-corrected chi connectivity index (χ2v) is 14.3. The van der Waals surface area contributed by atoms with E-state index in [-0.39, 0.29) is 0 Å². The van der Waals surface area contributed by atoms with Crippen molar-refractivity contribution >= 4 is 21.5 Å². The Hall–Kier alpha value is -7.49. The summed E-state index contributed by atoms with van der Waals surface area (Å²) in [5, 5.41) is 5.07. The monoisotopic (exact) mass is 711 g/mol. The van der Waals surface area contributed by atoms with Crippen LogP contribution < -0.4 is 0 Å². The maximum Gasteiger partial charge on any atom is 0.164 e. The van der Waals surface area contributed by atoms with Crippen LogP contribution >= 0.6 is 0 Å². The molecule has 0 saturated carbocycles. The van der Waals surface area contributed by atoms with Crippen LogP contribution in [0.15, 0.2) is 200 Å². The summed E-state index contributed by atoms with van der Waals surface area (Å²) in [5.74, 6) is 1.95. The number of rotatable bonds is 6. The molecule has 0 atom stereocenters. The van der Waals surface area contributed by atoms with Crippen LogP contribution in [0, 0.1) is 0 Å². The van der Waals surface area contributed by atoms with E-state index in [9.17, 15) is 0 Å². The van der Waals surface area contributed by atoms with E-state index in [2.05, 4.69) is 140 Å². The molecule has 0 aliphatic heterocycles. The van der Waals surface area contributed by atoms with Crippen molar-refractivity contribution in [2.24, 2.45) is 0 Å². The first-order valence-corrected chi connectivity index (χ1v) is 19.0. The normalized spacial score (nSPS) is 11.6. The minimum atomic E-state index is 0.645. The molecule has 1 aliphatic carbocycles. The Balaban J connectivity index is 0.998. The molecule has 10 aromatic rings. The predicted octanol–water partition coefficient (Wildman–Crippen LogP) is 13.8. The first-order chi connectivity index (χ1) is 27.8. The van der Waals surface area contributed by atoms with Gasteiger partial charge >= 0.3 is 0 Å². The molecule has 1 aliphatic rings. The average molecular weight is 712 g/mol. The highest BCUT2D eigenvalue weighted by Gasteiger charge is 2.22. The van der Waals surface area contributed by atoms with Crippen molar-refractivity contribution in [3.63, 3.8) is 0 Å². The topological polar surface area (TPSA) is 38.7 Å². The van der Waals surface area contributed by atoms with Crippen LogP contribution in [0.2, 0.25) is 0 Å². The lowest BCUT2D eigenvalue weighted by Crippen LogP contribution is -2.00. The van der Waals surface area contributed by atoms with Gasteiger partial charge in [0, 0.05) is 16.7 Å². The largest absolute Gasteiger partial charge is 0.208 e. The SMILES string of the molecule is c1ccc(-c2nc(-c3ccccc3)nc(-c3ccc(-c4cccc5cccc(-c6cccc(-c7ccc8c9c(cccc79)-c7ccccc7-8)c6)c45)cc3)n2)cc1. The Morgan fingerprint density at radius 2 is 0.643 bits per heavy atom. The zero-order valence-corrected chi connectivity index (χ0v) is 30.4. The Morgan fingerprint density at radius 3 is 1.27 bits per heavy atom. The molecule has 0 amide bonds. The van der Waals surface area contributed by atoms with Crippen molar-refractivity contribution in [2.75, 3.05) is 0 Å². The van der Waals surface area contributed by atoms with Gasteiger partial charge in [0.15, 0.2) is 17.5 Å². The molecule has 0 spiro atoms. The summed E-state index contributed by atoms with van der Waals surface area (Å²) in [6.45, 7) is 0. The number of nitrogens with zero attached hydrogens (tertiary/aromatic N) is 3. The average Bonchev–Trinajstić information content (AvgIpc) is 3.61. The molecule has 260 valence electrons. The van der Waals surface area contributed by atoms with E-state index in [0.29, 0.717) is 17.5 Å². The van der Waals surface area contributed by atoms with Crippen molar-refractivity contribution in [1.82, 2.24) is 15.0 Å². The van der Waals surface area contributed by atoms with E-state index < -0.39 is 0 Å². The van der Waals surface area contributed by atoms with Crippen molar-refractivity contribution in [2.45, 2.75) is 0 Å². The summed E-state index contributed by atoms with van der Waals surface area (Å²) >= 11 is 0. The quantitative estimate of drug-likeness (QED) is 0.172. The lowest BCUT2D eigenvalue weighted by Gasteiger charge is -2.15. The predicted molar refractivity (Wildman–Crippen MR) is 232 cm³/mol. The fourth-order valence-electron chi connectivity index (χ4n) is 8.47. The maximum atomic E-state index is 4.96. The van der Waals surface area contributed by atoms with Crippen LogP contribution in [0.5, 0.6) is 0 Å². The number of fused-ring (bicyclic) bond motifs is 4. The van der Waals surface area contributed by atoms with E-state index >= 15 is 0 Å². The standard InChI is InChI=1S/C53H33N3/c1-3-13-36(14-4-1)51-54-52(37-15-5-2-6-16-37)56-53(55-51)38-29-27-34(28-30-38)42-23-10-17-35-18-11-24-43(49(35)42)40-20-9-19-39(33-40)41-31-32-48-45-22-8-7-21-44(45)47-26-12-25-46(41)50(47)48/h1-33H. The van der Waals surface area contributed by atoms with Crippen molar-refractivity contribution < 1.29 is 0 Å². The van der Waals surface area contributed by atoms with Crippen LogP contribution in [-0.2, 0) is 0 Å². The van der Waals surface area contributed by atoms with E-state index in [1.165, 1.54) is 71.6 Å². The van der Waals surface area contributed by atoms with E-state index in [1.807, 2.05) is 60.7 Å². The minimum Gasteiger partial charge on any atom is -0.208 e. The molecule has 0 N–H and O–H groups in total. The van der Waals surface area contributed by atoms with Crippen LogP contribution in [0.4, 0.5) is 0 Å². The highest BCUT2D eigenvalue weighted by Crippen LogP contribution is 2.49. The Labute approximate surface area is 325 Å². The smallest absolute Gasteiger partial charge is 0.164 e. The van der Waals surface area contributed by atoms with Crippen molar-refractivity contribution in [3.8, 4) is 89.8 Å². The lowest BCUT2D eigenvalue weighted by atomic mass is 9.89. The van der Waals surface area contributed by atoms with Gasteiger partial charge in [-0.2, -0.15) is 0 Å². The highest BCUT2D eigenvalue weighted by atomic mass is 15.0. The fourth-order valence-corrected chi connectivity index (χ4v) is 8.47. The highest BCUT2D eigenvalue weighted by molar-refractivity contribution is 6.18. The summed E-state index contributed by atoms with van der Waals surface area (Å²) in [6.07, 6.45) is 0. The number of benzene rings is 9. The van der Waals surface area contributed by atoms with Gasteiger partial charge in [-0.25, -0.2) is 15.0 Å². The molecule has 0 saturated heterocycles. The fraction of sp³-hybridized carbons (Fsp3) is 0.